The summed E-state index contributed by atoms with van der Waals surface area (Å²) in [7, 11) is 1.58. The van der Waals surface area contributed by atoms with Gasteiger partial charge in [-0.3, -0.25) is 0 Å². The monoisotopic (exact) mass is 214 g/mol. The van der Waals surface area contributed by atoms with Crippen LogP contribution in [0.5, 0.6) is 5.75 Å². The van der Waals surface area contributed by atoms with Crippen molar-refractivity contribution in [3.63, 3.8) is 0 Å². The third-order valence-corrected chi connectivity index (χ3v) is 2.47. The number of ether oxygens (including phenoxy) is 1. The second-order valence-electron chi connectivity index (χ2n) is 3.55. The van der Waals surface area contributed by atoms with Crippen molar-refractivity contribution < 1.29 is 4.74 Å². The molecule has 0 radical (unpaired) electrons. The van der Waals surface area contributed by atoms with Crippen molar-refractivity contribution in [1.82, 2.24) is 0 Å². The second-order valence-corrected chi connectivity index (χ2v) is 3.55. The Morgan fingerprint density at radius 2 is 1.69 bits per heavy atom. The number of methoxy groups -OCH3 is 1. The van der Waals surface area contributed by atoms with Crippen LogP contribution in [0.3, 0.4) is 0 Å². The van der Waals surface area contributed by atoms with E-state index in [4.69, 9.17) is 16.2 Å². The molecule has 2 rings (SSSR count). The summed E-state index contributed by atoms with van der Waals surface area (Å²) in [5.41, 5.74) is 15.0. The Bertz CT molecular complexity index is 495. The average molecular weight is 214 g/mol. The lowest BCUT2D eigenvalue weighted by Crippen LogP contribution is -1.97. The Labute approximate surface area is 94.6 Å². The normalized spacial score (nSPS) is 10.1. The van der Waals surface area contributed by atoms with Crippen LogP contribution in [-0.2, 0) is 0 Å². The van der Waals surface area contributed by atoms with E-state index in [0.717, 1.165) is 11.1 Å². The molecule has 0 bridgehead atoms. The maximum Gasteiger partial charge on any atom is 0.144 e. The smallest absolute Gasteiger partial charge is 0.144 e. The predicted octanol–water partition coefficient (Wildman–Crippen LogP) is 2.53. The lowest BCUT2D eigenvalue weighted by Gasteiger charge is -2.11. The molecule has 16 heavy (non-hydrogen) atoms. The molecule has 2 aromatic carbocycles. The van der Waals surface area contributed by atoms with E-state index in [1.54, 1.807) is 13.2 Å². The minimum absolute atomic E-state index is 0.610. The summed E-state index contributed by atoms with van der Waals surface area (Å²) in [5, 5.41) is 0. The number of rotatable bonds is 2. The highest BCUT2D eigenvalue weighted by molar-refractivity contribution is 5.83. The molecular weight excluding hydrogens is 200 g/mol. The molecule has 0 atom stereocenters. The molecular formula is C13H14N2O. The van der Waals surface area contributed by atoms with Gasteiger partial charge in [0.05, 0.1) is 12.8 Å². The lowest BCUT2D eigenvalue weighted by molar-refractivity contribution is 0.417. The summed E-state index contributed by atoms with van der Waals surface area (Å²) in [6.07, 6.45) is 0. The zero-order chi connectivity index (χ0) is 11.5. The Balaban J connectivity index is 2.61. The average Bonchev–Trinajstić information content (AvgIpc) is 2.33. The molecule has 0 aromatic heterocycles. The van der Waals surface area contributed by atoms with Gasteiger partial charge in [-0.15, -0.1) is 0 Å². The number of anilines is 2. The van der Waals surface area contributed by atoms with Crippen molar-refractivity contribution in [2.45, 2.75) is 0 Å². The van der Waals surface area contributed by atoms with Gasteiger partial charge in [0.25, 0.3) is 0 Å². The standard InChI is InChI=1S/C13H14N2O/c1-16-12-8-10(14)7-11(13(12)15)9-5-3-2-4-6-9/h2-8H,14-15H2,1H3. The summed E-state index contributed by atoms with van der Waals surface area (Å²) in [4.78, 5) is 0. The van der Waals surface area contributed by atoms with Gasteiger partial charge in [0.15, 0.2) is 0 Å². The van der Waals surface area contributed by atoms with Crippen molar-refractivity contribution in [2.24, 2.45) is 0 Å². The largest absolute Gasteiger partial charge is 0.494 e. The van der Waals surface area contributed by atoms with Crippen LogP contribution in [0, 0.1) is 0 Å². The van der Waals surface area contributed by atoms with E-state index in [2.05, 4.69) is 0 Å². The number of benzene rings is 2. The van der Waals surface area contributed by atoms with E-state index in [1.807, 2.05) is 36.4 Å². The summed E-state index contributed by atoms with van der Waals surface area (Å²) in [6, 6.07) is 13.4. The van der Waals surface area contributed by atoms with Gasteiger partial charge >= 0.3 is 0 Å². The van der Waals surface area contributed by atoms with Crippen LogP contribution in [0.4, 0.5) is 11.4 Å². The Hall–Kier alpha value is -2.16. The SMILES string of the molecule is COc1cc(N)cc(-c2ccccc2)c1N. The molecule has 82 valence electrons. The Morgan fingerprint density at radius 3 is 2.31 bits per heavy atom. The molecule has 0 unspecified atom stereocenters. The first-order valence-corrected chi connectivity index (χ1v) is 5.01. The molecule has 0 aliphatic heterocycles. The Morgan fingerprint density at radius 1 is 1.00 bits per heavy atom. The van der Waals surface area contributed by atoms with E-state index in [1.165, 1.54) is 0 Å². The summed E-state index contributed by atoms with van der Waals surface area (Å²) < 4.78 is 5.18. The van der Waals surface area contributed by atoms with Crippen molar-refractivity contribution in [3.8, 4) is 16.9 Å². The van der Waals surface area contributed by atoms with Crippen molar-refractivity contribution in [3.05, 3.63) is 42.5 Å². The molecule has 0 spiro atoms. The quantitative estimate of drug-likeness (QED) is 0.755. The third-order valence-electron chi connectivity index (χ3n) is 2.47. The van der Waals surface area contributed by atoms with Crippen molar-refractivity contribution in [1.29, 1.82) is 0 Å². The predicted molar refractivity (Wildman–Crippen MR) is 67.3 cm³/mol. The van der Waals surface area contributed by atoms with Crippen LogP contribution < -0.4 is 16.2 Å². The zero-order valence-corrected chi connectivity index (χ0v) is 9.10. The van der Waals surface area contributed by atoms with Crippen molar-refractivity contribution >= 4 is 11.4 Å². The molecule has 3 nitrogen and oxygen atoms in total. The second kappa shape index (κ2) is 4.14. The van der Waals surface area contributed by atoms with Crippen LogP contribution in [-0.4, -0.2) is 7.11 Å². The van der Waals surface area contributed by atoms with Gasteiger partial charge in [-0.2, -0.15) is 0 Å². The van der Waals surface area contributed by atoms with Gasteiger partial charge < -0.3 is 16.2 Å². The number of hydrogen-bond acceptors (Lipinski definition) is 3. The van der Waals surface area contributed by atoms with Crippen LogP contribution in [0.1, 0.15) is 0 Å². The minimum Gasteiger partial charge on any atom is -0.494 e. The van der Waals surface area contributed by atoms with Gasteiger partial charge in [0, 0.05) is 17.3 Å². The highest BCUT2D eigenvalue weighted by Gasteiger charge is 2.08. The molecule has 2 aromatic rings. The number of hydrogen-bond donors (Lipinski definition) is 2. The topological polar surface area (TPSA) is 61.3 Å². The molecule has 0 saturated carbocycles. The first-order valence-electron chi connectivity index (χ1n) is 5.01. The molecule has 0 saturated heterocycles. The number of nitrogens with two attached hydrogens (primary N) is 2. The van der Waals surface area contributed by atoms with Gasteiger partial charge in [0.2, 0.25) is 0 Å². The van der Waals surface area contributed by atoms with E-state index in [0.29, 0.717) is 17.1 Å². The lowest BCUT2D eigenvalue weighted by atomic mass is 10.0. The van der Waals surface area contributed by atoms with Crippen LogP contribution in [0.15, 0.2) is 42.5 Å². The van der Waals surface area contributed by atoms with Crippen LogP contribution in [0.2, 0.25) is 0 Å². The summed E-state index contributed by atoms with van der Waals surface area (Å²) in [6.45, 7) is 0. The molecule has 3 heteroatoms. The molecule has 0 aliphatic rings. The first kappa shape index (κ1) is 10.4. The Kier molecular flexibility index (Phi) is 2.68. The molecule has 0 heterocycles. The van der Waals surface area contributed by atoms with Crippen molar-refractivity contribution in [2.75, 3.05) is 18.6 Å². The number of nitrogen functional groups attached to an aromatic ring is 2. The molecule has 0 fully saturated rings. The minimum atomic E-state index is 0.610. The summed E-state index contributed by atoms with van der Waals surface area (Å²) in [5.74, 6) is 0.610. The maximum atomic E-state index is 6.01. The fourth-order valence-corrected chi connectivity index (χ4v) is 1.67. The van der Waals surface area contributed by atoms with Gasteiger partial charge in [-0.25, -0.2) is 0 Å². The highest BCUT2D eigenvalue weighted by atomic mass is 16.5. The zero-order valence-electron chi connectivity index (χ0n) is 9.10. The van der Waals surface area contributed by atoms with E-state index >= 15 is 0 Å². The van der Waals surface area contributed by atoms with E-state index in [9.17, 15) is 0 Å². The third kappa shape index (κ3) is 1.80. The van der Waals surface area contributed by atoms with E-state index < -0.39 is 0 Å². The van der Waals surface area contributed by atoms with E-state index in [-0.39, 0.29) is 0 Å². The molecule has 0 amide bonds. The van der Waals surface area contributed by atoms with Gasteiger partial charge in [-0.1, -0.05) is 30.3 Å². The molecule has 4 N–H and O–H groups in total. The summed E-state index contributed by atoms with van der Waals surface area (Å²) >= 11 is 0. The van der Waals surface area contributed by atoms with Gasteiger partial charge in [0.1, 0.15) is 5.75 Å². The maximum absolute atomic E-state index is 6.01. The van der Waals surface area contributed by atoms with Crippen LogP contribution >= 0.6 is 0 Å². The van der Waals surface area contributed by atoms with Crippen LogP contribution in [0.25, 0.3) is 11.1 Å². The fraction of sp³-hybridized carbons (Fsp3) is 0.0769. The highest BCUT2D eigenvalue weighted by Crippen LogP contribution is 2.35. The fourth-order valence-electron chi connectivity index (χ4n) is 1.67. The first-order chi connectivity index (χ1) is 7.72. The molecule has 0 aliphatic carbocycles. The van der Waals surface area contributed by atoms with Gasteiger partial charge in [-0.05, 0) is 11.6 Å².